The van der Waals surface area contributed by atoms with E-state index in [4.69, 9.17) is 0 Å². The zero-order chi connectivity index (χ0) is 15.1. The summed E-state index contributed by atoms with van der Waals surface area (Å²) in [5.41, 5.74) is 2.93. The molecule has 0 aromatic heterocycles. The molecule has 0 atom stereocenters. The summed E-state index contributed by atoms with van der Waals surface area (Å²) in [5, 5.41) is 6.03. The average Bonchev–Trinajstić information content (AvgIpc) is 2.45. The van der Waals surface area contributed by atoms with Gasteiger partial charge in [-0.3, -0.25) is 4.79 Å². The Labute approximate surface area is 124 Å². The molecule has 1 amide bonds. The molecule has 0 bridgehead atoms. The zero-order valence-electron chi connectivity index (χ0n) is 12.0. The Bertz CT molecular complexity index is 596. The van der Waals surface area contributed by atoms with E-state index in [-0.39, 0.29) is 11.7 Å². The number of amides is 1. The van der Waals surface area contributed by atoms with Gasteiger partial charge in [-0.2, -0.15) is 0 Å². The first-order valence-electron chi connectivity index (χ1n) is 6.95. The number of hydrogen-bond acceptors (Lipinski definition) is 2. The van der Waals surface area contributed by atoms with Crippen LogP contribution in [0.1, 0.15) is 17.5 Å². The first-order chi connectivity index (χ1) is 10.1. The Morgan fingerprint density at radius 2 is 1.90 bits per heavy atom. The van der Waals surface area contributed by atoms with E-state index in [1.165, 1.54) is 12.1 Å². The molecule has 0 aliphatic heterocycles. The van der Waals surface area contributed by atoms with Gasteiger partial charge in [0.15, 0.2) is 0 Å². The van der Waals surface area contributed by atoms with Crippen LogP contribution in [0.4, 0.5) is 10.1 Å². The Morgan fingerprint density at radius 1 is 1.14 bits per heavy atom. The monoisotopic (exact) mass is 286 g/mol. The highest BCUT2D eigenvalue weighted by Crippen LogP contribution is 2.09. The number of hydrogen-bond donors (Lipinski definition) is 2. The Morgan fingerprint density at radius 3 is 2.62 bits per heavy atom. The summed E-state index contributed by atoms with van der Waals surface area (Å²) in [6.07, 6.45) is 0.398. The molecule has 110 valence electrons. The number of carbonyl (C=O) groups is 1. The fourth-order valence-electron chi connectivity index (χ4n) is 1.98. The van der Waals surface area contributed by atoms with Gasteiger partial charge in [0.25, 0.3) is 0 Å². The molecule has 0 spiro atoms. The predicted molar refractivity (Wildman–Crippen MR) is 82.5 cm³/mol. The van der Waals surface area contributed by atoms with Gasteiger partial charge in [0.2, 0.25) is 5.91 Å². The lowest BCUT2D eigenvalue weighted by Crippen LogP contribution is -2.21. The van der Waals surface area contributed by atoms with Gasteiger partial charge in [0.05, 0.1) is 0 Å². The van der Waals surface area contributed by atoms with Crippen LogP contribution in [0, 0.1) is 12.7 Å². The van der Waals surface area contributed by atoms with Crippen LogP contribution in [0.15, 0.2) is 48.5 Å². The number of nitrogens with one attached hydrogen (secondary N) is 2. The second-order valence-electron chi connectivity index (χ2n) is 4.97. The van der Waals surface area contributed by atoms with E-state index in [2.05, 4.69) is 10.6 Å². The lowest BCUT2D eigenvalue weighted by atomic mass is 10.2. The number of halogens is 1. The van der Waals surface area contributed by atoms with Crippen LogP contribution in [-0.4, -0.2) is 12.5 Å². The van der Waals surface area contributed by atoms with Crippen LogP contribution >= 0.6 is 0 Å². The molecule has 4 heteroatoms. The second-order valence-corrected chi connectivity index (χ2v) is 4.97. The average molecular weight is 286 g/mol. The maximum atomic E-state index is 12.7. The van der Waals surface area contributed by atoms with E-state index >= 15 is 0 Å². The topological polar surface area (TPSA) is 41.1 Å². The Balaban J connectivity index is 1.68. The molecule has 21 heavy (non-hydrogen) atoms. The molecule has 0 saturated heterocycles. The van der Waals surface area contributed by atoms with Gasteiger partial charge in [-0.25, -0.2) is 4.39 Å². The Hall–Kier alpha value is -2.20. The van der Waals surface area contributed by atoms with Crippen molar-refractivity contribution in [3.05, 3.63) is 65.5 Å². The molecule has 0 saturated carbocycles. The first kappa shape index (κ1) is 15.2. The van der Waals surface area contributed by atoms with Gasteiger partial charge in [0.1, 0.15) is 5.82 Å². The third-order valence-corrected chi connectivity index (χ3v) is 3.07. The van der Waals surface area contributed by atoms with Crippen molar-refractivity contribution < 1.29 is 9.18 Å². The van der Waals surface area contributed by atoms with Crippen LogP contribution in [0.2, 0.25) is 0 Å². The highest BCUT2D eigenvalue weighted by atomic mass is 19.1. The van der Waals surface area contributed by atoms with Gasteiger partial charge in [-0.1, -0.05) is 24.3 Å². The molecule has 0 radical (unpaired) electrons. The number of carbonyl (C=O) groups excluding carboxylic acids is 1. The highest BCUT2D eigenvalue weighted by Gasteiger charge is 2.02. The SMILES string of the molecule is Cc1cccc(NC(=O)CCNCc2ccc(F)cc2)c1. The van der Waals surface area contributed by atoms with Crippen molar-refractivity contribution in [2.75, 3.05) is 11.9 Å². The quantitative estimate of drug-likeness (QED) is 0.800. The first-order valence-corrected chi connectivity index (χ1v) is 6.95. The van der Waals surface area contributed by atoms with Crippen molar-refractivity contribution in [1.82, 2.24) is 5.32 Å². The third kappa shape index (κ3) is 5.36. The van der Waals surface area contributed by atoms with E-state index in [0.717, 1.165) is 16.8 Å². The summed E-state index contributed by atoms with van der Waals surface area (Å²) in [4.78, 5) is 11.8. The molecular weight excluding hydrogens is 267 g/mol. The molecule has 3 nitrogen and oxygen atoms in total. The molecule has 0 heterocycles. The van der Waals surface area contributed by atoms with Crippen LogP contribution in [0.5, 0.6) is 0 Å². The van der Waals surface area contributed by atoms with E-state index in [1.54, 1.807) is 12.1 Å². The zero-order valence-corrected chi connectivity index (χ0v) is 12.0. The third-order valence-electron chi connectivity index (χ3n) is 3.07. The fourth-order valence-corrected chi connectivity index (χ4v) is 1.98. The number of anilines is 1. The molecule has 2 N–H and O–H groups in total. The van der Waals surface area contributed by atoms with Gasteiger partial charge >= 0.3 is 0 Å². The largest absolute Gasteiger partial charge is 0.326 e. The van der Waals surface area contributed by atoms with Crippen LogP contribution in [0.3, 0.4) is 0 Å². The smallest absolute Gasteiger partial charge is 0.225 e. The summed E-state index contributed by atoms with van der Waals surface area (Å²) in [5.74, 6) is -0.261. The Kier molecular flexibility index (Phi) is 5.46. The fraction of sp³-hybridized carbons (Fsp3) is 0.235. The lowest BCUT2D eigenvalue weighted by Gasteiger charge is -2.07. The standard InChI is InChI=1S/C17H19FN2O/c1-13-3-2-4-16(11-13)20-17(21)9-10-19-12-14-5-7-15(18)8-6-14/h2-8,11,19H,9-10,12H2,1H3,(H,20,21). The lowest BCUT2D eigenvalue weighted by molar-refractivity contribution is -0.116. The summed E-state index contributed by atoms with van der Waals surface area (Å²) in [6, 6.07) is 14.0. The van der Waals surface area contributed by atoms with E-state index < -0.39 is 0 Å². The number of rotatable bonds is 6. The second kappa shape index (κ2) is 7.55. The van der Waals surface area contributed by atoms with Crippen molar-refractivity contribution in [2.24, 2.45) is 0 Å². The van der Waals surface area contributed by atoms with Crippen LogP contribution in [-0.2, 0) is 11.3 Å². The van der Waals surface area contributed by atoms with Crippen molar-refractivity contribution in [1.29, 1.82) is 0 Å². The molecule has 2 rings (SSSR count). The minimum atomic E-state index is -0.240. The summed E-state index contributed by atoms with van der Waals surface area (Å²) in [7, 11) is 0. The summed E-state index contributed by atoms with van der Waals surface area (Å²) in [6.45, 7) is 3.19. The molecule has 0 fully saturated rings. The van der Waals surface area contributed by atoms with Crippen molar-refractivity contribution >= 4 is 11.6 Å². The molecule has 0 aliphatic rings. The minimum absolute atomic E-state index is 0.0211. The van der Waals surface area contributed by atoms with E-state index in [1.807, 2.05) is 31.2 Å². The molecule has 0 aliphatic carbocycles. The normalized spacial score (nSPS) is 10.4. The maximum absolute atomic E-state index is 12.7. The predicted octanol–water partition coefficient (Wildman–Crippen LogP) is 3.25. The molecular formula is C17H19FN2O. The summed E-state index contributed by atoms with van der Waals surface area (Å²) < 4.78 is 12.7. The molecule has 2 aromatic carbocycles. The molecule has 2 aromatic rings. The molecule has 0 unspecified atom stereocenters. The van der Waals surface area contributed by atoms with Crippen LogP contribution in [0.25, 0.3) is 0 Å². The van der Waals surface area contributed by atoms with Gasteiger partial charge in [-0.15, -0.1) is 0 Å². The van der Waals surface area contributed by atoms with Crippen LogP contribution < -0.4 is 10.6 Å². The van der Waals surface area contributed by atoms with E-state index in [0.29, 0.717) is 19.5 Å². The van der Waals surface area contributed by atoms with Gasteiger partial charge in [-0.05, 0) is 42.3 Å². The number of aryl methyl sites for hydroxylation is 1. The number of benzene rings is 2. The van der Waals surface area contributed by atoms with Crippen molar-refractivity contribution in [3.8, 4) is 0 Å². The van der Waals surface area contributed by atoms with Gasteiger partial charge in [0, 0.05) is 25.2 Å². The van der Waals surface area contributed by atoms with Gasteiger partial charge < -0.3 is 10.6 Å². The summed E-state index contributed by atoms with van der Waals surface area (Å²) >= 11 is 0. The highest BCUT2D eigenvalue weighted by molar-refractivity contribution is 5.90. The van der Waals surface area contributed by atoms with Crippen molar-refractivity contribution in [2.45, 2.75) is 19.9 Å². The van der Waals surface area contributed by atoms with E-state index in [9.17, 15) is 9.18 Å². The maximum Gasteiger partial charge on any atom is 0.225 e. The van der Waals surface area contributed by atoms with Crippen molar-refractivity contribution in [3.63, 3.8) is 0 Å². The minimum Gasteiger partial charge on any atom is -0.326 e.